The second-order valence-electron chi connectivity index (χ2n) is 5.76. The Bertz CT molecular complexity index is 725. The third-order valence-electron chi connectivity index (χ3n) is 3.99. The van der Waals surface area contributed by atoms with Crippen molar-refractivity contribution in [3.8, 4) is 0 Å². The summed E-state index contributed by atoms with van der Waals surface area (Å²) < 4.78 is 10.1. The molecule has 7 nitrogen and oxygen atoms in total. The van der Waals surface area contributed by atoms with Crippen LogP contribution in [-0.4, -0.2) is 35.0 Å². The maximum Gasteiger partial charge on any atom is 0.246 e. The van der Waals surface area contributed by atoms with Crippen LogP contribution in [0.1, 0.15) is 24.4 Å². The van der Waals surface area contributed by atoms with Crippen LogP contribution in [0.5, 0.6) is 0 Å². The van der Waals surface area contributed by atoms with E-state index >= 15 is 0 Å². The molecule has 3 rings (SSSR count). The molecule has 2 aromatic heterocycles. The van der Waals surface area contributed by atoms with E-state index in [4.69, 9.17) is 8.94 Å². The number of nitrogens with one attached hydrogen (secondary N) is 1. The van der Waals surface area contributed by atoms with Gasteiger partial charge < -0.3 is 19.2 Å². The van der Waals surface area contributed by atoms with Crippen LogP contribution < -0.4 is 5.32 Å². The first-order valence-corrected chi connectivity index (χ1v) is 7.86. The van der Waals surface area contributed by atoms with Gasteiger partial charge in [0.05, 0.1) is 6.26 Å². The third kappa shape index (κ3) is 3.92. The maximum absolute atomic E-state index is 12.2. The number of hydrogen-bond acceptors (Lipinski definition) is 5. The van der Waals surface area contributed by atoms with E-state index in [1.807, 2.05) is 0 Å². The SMILES string of the molecule is Cc1cc(NC(=O)C2CCN(C(=O)/C=C/c3ccco3)CC2)no1. The highest BCUT2D eigenvalue weighted by Gasteiger charge is 2.27. The van der Waals surface area contributed by atoms with E-state index in [1.165, 1.54) is 6.08 Å². The summed E-state index contributed by atoms with van der Waals surface area (Å²) in [4.78, 5) is 26.1. The molecule has 2 aromatic rings. The smallest absolute Gasteiger partial charge is 0.246 e. The number of furan rings is 1. The lowest BCUT2D eigenvalue weighted by molar-refractivity contribution is -0.130. The van der Waals surface area contributed by atoms with Crippen LogP contribution in [0.15, 0.2) is 39.5 Å². The van der Waals surface area contributed by atoms with Crippen LogP contribution in [0.2, 0.25) is 0 Å². The van der Waals surface area contributed by atoms with Crippen molar-refractivity contribution in [1.82, 2.24) is 10.1 Å². The Morgan fingerprint density at radius 1 is 1.38 bits per heavy atom. The highest BCUT2D eigenvalue weighted by atomic mass is 16.5. The Morgan fingerprint density at radius 2 is 2.17 bits per heavy atom. The number of amides is 2. The van der Waals surface area contributed by atoms with E-state index in [9.17, 15) is 9.59 Å². The molecule has 0 aromatic carbocycles. The number of carbonyl (C=O) groups is 2. The van der Waals surface area contributed by atoms with Crippen molar-refractivity contribution in [2.75, 3.05) is 18.4 Å². The summed E-state index contributed by atoms with van der Waals surface area (Å²) in [6.07, 6.45) is 5.96. The minimum atomic E-state index is -0.125. The molecule has 3 heterocycles. The van der Waals surface area contributed by atoms with Gasteiger partial charge in [-0.15, -0.1) is 0 Å². The Labute approximate surface area is 139 Å². The van der Waals surface area contributed by atoms with Crippen LogP contribution in [0.25, 0.3) is 6.08 Å². The summed E-state index contributed by atoms with van der Waals surface area (Å²) in [5, 5.41) is 6.50. The predicted molar refractivity (Wildman–Crippen MR) is 86.9 cm³/mol. The van der Waals surface area contributed by atoms with Crippen LogP contribution in [0.3, 0.4) is 0 Å². The summed E-state index contributed by atoms with van der Waals surface area (Å²) in [7, 11) is 0. The number of nitrogens with zero attached hydrogens (tertiary/aromatic N) is 2. The fourth-order valence-electron chi connectivity index (χ4n) is 2.66. The Balaban J connectivity index is 1.48. The predicted octanol–water partition coefficient (Wildman–Crippen LogP) is 2.47. The van der Waals surface area contributed by atoms with E-state index in [1.54, 1.807) is 42.4 Å². The molecule has 24 heavy (non-hydrogen) atoms. The number of piperidine rings is 1. The molecule has 1 fully saturated rings. The van der Waals surface area contributed by atoms with Crippen molar-refractivity contribution < 1.29 is 18.5 Å². The Morgan fingerprint density at radius 3 is 2.79 bits per heavy atom. The van der Waals surface area contributed by atoms with Crippen LogP contribution in [-0.2, 0) is 9.59 Å². The Kier molecular flexibility index (Phi) is 4.79. The largest absolute Gasteiger partial charge is 0.465 e. The molecule has 126 valence electrons. The second kappa shape index (κ2) is 7.16. The molecule has 1 aliphatic heterocycles. The lowest BCUT2D eigenvalue weighted by Gasteiger charge is -2.30. The quantitative estimate of drug-likeness (QED) is 0.871. The van der Waals surface area contributed by atoms with Crippen molar-refractivity contribution >= 4 is 23.7 Å². The molecule has 0 radical (unpaired) electrons. The lowest BCUT2D eigenvalue weighted by atomic mass is 9.96. The number of aryl methyl sites for hydroxylation is 1. The monoisotopic (exact) mass is 329 g/mol. The van der Waals surface area contributed by atoms with E-state index in [0.717, 1.165) is 0 Å². The number of anilines is 1. The molecule has 0 bridgehead atoms. The molecule has 1 N–H and O–H groups in total. The van der Waals surface area contributed by atoms with E-state index in [-0.39, 0.29) is 17.7 Å². The van der Waals surface area contributed by atoms with Gasteiger partial charge in [0.15, 0.2) is 5.82 Å². The van der Waals surface area contributed by atoms with Gasteiger partial charge in [0.1, 0.15) is 11.5 Å². The normalized spacial score (nSPS) is 15.8. The topological polar surface area (TPSA) is 88.6 Å². The van der Waals surface area contributed by atoms with Crippen LogP contribution in [0, 0.1) is 12.8 Å². The molecular formula is C17H19N3O4. The lowest BCUT2D eigenvalue weighted by Crippen LogP contribution is -2.40. The van der Waals surface area contributed by atoms with Gasteiger partial charge in [-0.1, -0.05) is 5.16 Å². The van der Waals surface area contributed by atoms with E-state index < -0.39 is 0 Å². The van der Waals surface area contributed by atoms with E-state index in [2.05, 4.69) is 10.5 Å². The van der Waals surface area contributed by atoms with Gasteiger partial charge in [0.25, 0.3) is 0 Å². The summed E-state index contributed by atoms with van der Waals surface area (Å²) >= 11 is 0. The molecular weight excluding hydrogens is 310 g/mol. The number of rotatable bonds is 4. The molecule has 0 saturated carbocycles. The van der Waals surface area contributed by atoms with Gasteiger partial charge in [-0.2, -0.15) is 0 Å². The van der Waals surface area contributed by atoms with Crippen LogP contribution in [0.4, 0.5) is 5.82 Å². The standard InChI is InChI=1S/C17H19N3O4/c1-12-11-15(19-24-12)18-17(22)13-6-8-20(9-7-13)16(21)5-4-14-3-2-10-23-14/h2-5,10-11,13H,6-9H2,1H3,(H,18,19,22)/b5-4+. The van der Waals surface area contributed by atoms with Crippen molar-refractivity contribution in [2.24, 2.45) is 5.92 Å². The van der Waals surface area contributed by atoms with Crippen molar-refractivity contribution in [3.63, 3.8) is 0 Å². The average Bonchev–Trinajstić information content (AvgIpc) is 3.24. The zero-order chi connectivity index (χ0) is 16.9. The molecule has 0 atom stereocenters. The Hall–Kier alpha value is -2.83. The highest BCUT2D eigenvalue weighted by molar-refractivity contribution is 5.93. The number of carbonyl (C=O) groups excluding carboxylic acids is 2. The first kappa shape index (κ1) is 16.0. The molecule has 0 unspecified atom stereocenters. The average molecular weight is 329 g/mol. The molecule has 1 saturated heterocycles. The highest BCUT2D eigenvalue weighted by Crippen LogP contribution is 2.20. The number of aromatic nitrogens is 1. The molecule has 1 aliphatic rings. The first-order valence-electron chi connectivity index (χ1n) is 7.86. The van der Waals surface area contributed by atoms with E-state index in [0.29, 0.717) is 43.3 Å². The van der Waals surface area contributed by atoms with Gasteiger partial charge in [0.2, 0.25) is 11.8 Å². The zero-order valence-electron chi connectivity index (χ0n) is 13.4. The zero-order valence-corrected chi connectivity index (χ0v) is 13.4. The van der Waals surface area contributed by atoms with Crippen LogP contribution >= 0.6 is 0 Å². The number of likely N-dealkylation sites (tertiary alicyclic amines) is 1. The third-order valence-corrected chi connectivity index (χ3v) is 3.99. The molecule has 0 spiro atoms. The number of hydrogen-bond donors (Lipinski definition) is 1. The minimum Gasteiger partial charge on any atom is -0.465 e. The van der Waals surface area contributed by atoms with Gasteiger partial charge in [-0.25, -0.2) is 0 Å². The first-order chi connectivity index (χ1) is 11.6. The van der Waals surface area contributed by atoms with Gasteiger partial charge in [0, 0.05) is 31.1 Å². The van der Waals surface area contributed by atoms with Gasteiger partial charge >= 0.3 is 0 Å². The fourth-order valence-corrected chi connectivity index (χ4v) is 2.66. The summed E-state index contributed by atoms with van der Waals surface area (Å²) in [6, 6.07) is 5.23. The second-order valence-corrected chi connectivity index (χ2v) is 5.76. The molecule has 2 amide bonds. The summed E-state index contributed by atoms with van der Waals surface area (Å²) in [5.41, 5.74) is 0. The van der Waals surface area contributed by atoms with Gasteiger partial charge in [-0.05, 0) is 38.0 Å². The summed E-state index contributed by atoms with van der Waals surface area (Å²) in [5.74, 6) is 1.44. The summed E-state index contributed by atoms with van der Waals surface area (Å²) in [6.45, 7) is 2.87. The van der Waals surface area contributed by atoms with Crippen molar-refractivity contribution in [3.05, 3.63) is 42.1 Å². The molecule has 0 aliphatic carbocycles. The molecule has 7 heteroatoms. The van der Waals surface area contributed by atoms with Crippen molar-refractivity contribution in [1.29, 1.82) is 0 Å². The van der Waals surface area contributed by atoms with Crippen molar-refractivity contribution in [2.45, 2.75) is 19.8 Å². The van der Waals surface area contributed by atoms with Gasteiger partial charge in [-0.3, -0.25) is 9.59 Å². The minimum absolute atomic E-state index is 0.0719. The maximum atomic E-state index is 12.2. The fraction of sp³-hybridized carbons (Fsp3) is 0.353.